The highest BCUT2D eigenvalue weighted by atomic mass is 35.5. The van der Waals surface area contributed by atoms with Crippen molar-refractivity contribution >= 4 is 45.2 Å². The summed E-state index contributed by atoms with van der Waals surface area (Å²) in [6, 6.07) is 13.0. The normalized spacial score (nSPS) is 21.5. The monoisotopic (exact) mass is 717 g/mol. The van der Waals surface area contributed by atoms with Crippen molar-refractivity contribution in [2.45, 2.75) is 82.5 Å². The van der Waals surface area contributed by atoms with Gasteiger partial charge in [0.2, 0.25) is 0 Å². The third-order valence-corrected chi connectivity index (χ3v) is 11.3. The molecule has 5 heterocycles. The minimum atomic E-state index is -0.587. The van der Waals surface area contributed by atoms with Crippen LogP contribution in [0.25, 0.3) is 32.8 Å². The summed E-state index contributed by atoms with van der Waals surface area (Å²) in [6.45, 7) is 9.38. The number of hydrogen-bond acceptors (Lipinski definition) is 9. The number of carbonyl (C=O) groups excluding carboxylic acids is 1. The molecule has 0 saturated carbocycles. The average Bonchev–Trinajstić information content (AvgIpc) is 3.76. The van der Waals surface area contributed by atoms with Crippen LogP contribution in [0.5, 0.6) is 11.8 Å². The van der Waals surface area contributed by atoms with Gasteiger partial charge >= 0.3 is 12.1 Å². The van der Waals surface area contributed by atoms with E-state index in [-0.39, 0.29) is 42.0 Å². The van der Waals surface area contributed by atoms with E-state index in [0.29, 0.717) is 58.2 Å². The summed E-state index contributed by atoms with van der Waals surface area (Å²) in [6.07, 6.45) is 5.84. The van der Waals surface area contributed by atoms with Gasteiger partial charge in [-0.2, -0.15) is 9.97 Å². The molecule has 2 atom stereocenters. The standard InChI is InChI=1S/C39H45ClFN5O5/c1-38(2,3)51-37(47)46-25-10-11-26(46)21-44(20-25)35-29-13-12-28(30-19-27(50-23-48-4)18-24-8-5-9-31(40)32(24)30)33(41)34(29)42-36(43-35)49-22-39-14-6-16-45(39)17-7-15-39/h5,8-9,12-13,18-19,25-26H,6-7,10-11,14-17,20-23H2,1-4H3. The molecular formula is C39H45ClFN5O5. The first-order valence-corrected chi connectivity index (χ1v) is 18.4. The Morgan fingerprint density at radius 2 is 1.75 bits per heavy atom. The van der Waals surface area contributed by atoms with Crippen molar-refractivity contribution in [1.82, 2.24) is 19.8 Å². The van der Waals surface area contributed by atoms with Crippen LogP contribution in [0.2, 0.25) is 5.02 Å². The van der Waals surface area contributed by atoms with E-state index in [2.05, 4.69) is 9.80 Å². The van der Waals surface area contributed by atoms with Crippen molar-refractivity contribution in [3.8, 4) is 22.9 Å². The molecule has 4 saturated heterocycles. The Morgan fingerprint density at radius 1 is 1.00 bits per heavy atom. The molecule has 4 aliphatic rings. The molecule has 3 aromatic carbocycles. The highest BCUT2D eigenvalue weighted by Crippen LogP contribution is 2.43. The first-order valence-electron chi connectivity index (χ1n) is 18.0. The van der Waals surface area contributed by atoms with Gasteiger partial charge in [0.25, 0.3) is 0 Å². The van der Waals surface area contributed by atoms with Crippen molar-refractivity contribution in [3.63, 3.8) is 0 Å². The molecule has 4 fully saturated rings. The average molecular weight is 718 g/mol. The number of hydrogen-bond donors (Lipinski definition) is 0. The van der Waals surface area contributed by atoms with Crippen LogP contribution in [0, 0.1) is 5.82 Å². The number of benzene rings is 3. The van der Waals surface area contributed by atoms with Crippen LogP contribution in [0.3, 0.4) is 0 Å². The number of carbonyl (C=O) groups is 1. The van der Waals surface area contributed by atoms with Crippen molar-refractivity contribution in [2.24, 2.45) is 0 Å². The summed E-state index contributed by atoms with van der Waals surface area (Å²) >= 11 is 6.76. The van der Waals surface area contributed by atoms with E-state index in [1.54, 1.807) is 25.3 Å². The smallest absolute Gasteiger partial charge is 0.410 e. The third-order valence-electron chi connectivity index (χ3n) is 11.0. The first kappa shape index (κ1) is 34.2. The van der Waals surface area contributed by atoms with E-state index in [9.17, 15) is 4.79 Å². The summed E-state index contributed by atoms with van der Waals surface area (Å²) in [5.74, 6) is 0.639. The zero-order valence-electron chi connectivity index (χ0n) is 29.7. The second-order valence-corrected chi connectivity index (χ2v) is 15.8. The zero-order valence-corrected chi connectivity index (χ0v) is 30.5. The molecule has 4 aromatic rings. The minimum Gasteiger partial charge on any atom is -0.468 e. The molecule has 4 aliphatic heterocycles. The van der Waals surface area contributed by atoms with Gasteiger partial charge in [-0.05, 0) is 108 Å². The summed E-state index contributed by atoms with van der Waals surface area (Å²) in [5, 5.41) is 2.61. The number of fused-ring (bicyclic) bond motifs is 5. The van der Waals surface area contributed by atoms with Gasteiger partial charge in [0, 0.05) is 41.6 Å². The number of rotatable bonds is 8. The number of piperazine rings is 1. The van der Waals surface area contributed by atoms with E-state index < -0.39 is 11.4 Å². The second-order valence-electron chi connectivity index (χ2n) is 15.4. The van der Waals surface area contributed by atoms with Crippen molar-refractivity contribution in [1.29, 1.82) is 0 Å². The number of methoxy groups -OCH3 is 1. The van der Waals surface area contributed by atoms with Crippen LogP contribution >= 0.6 is 11.6 Å². The molecule has 1 aromatic heterocycles. The highest BCUT2D eigenvalue weighted by Gasteiger charge is 2.46. The third kappa shape index (κ3) is 6.31. The SMILES string of the molecule is COCOc1cc(-c2ccc3c(N4CC5CCC(C4)N5C(=O)OC(C)(C)C)nc(OCC45CCCN4CCC5)nc3c2F)c2c(Cl)cccc2c1. The number of ether oxygens (including phenoxy) is 4. The summed E-state index contributed by atoms with van der Waals surface area (Å²) < 4.78 is 40.5. The van der Waals surface area contributed by atoms with Crippen LogP contribution in [0.15, 0.2) is 42.5 Å². The van der Waals surface area contributed by atoms with Crippen molar-refractivity contribution in [3.05, 3.63) is 53.3 Å². The van der Waals surface area contributed by atoms with Gasteiger partial charge in [-0.1, -0.05) is 29.8 Å². The Morgan fingerprint density at radius 3 is 2.45 bits per heavy atom. The Balaban J connectivity index is 1.22. The maximum Gasteiger partial charge on any atom is 0.410 e. The van der Waals surface area contributed by atoms with Crippen LogP contribution in [-0.2, 0) is 9.47 Å². The lowest BCUT2D eigenvalue weighted by Gasteiger charge is -2.42. The van der Waals surface area contributed by atoms with Gasteiger partial charge < -0.3 is 23.8 Å². The topological polar surface area (TPSA) is 89.5 Å². The number of aromatic nitrogens is 2. The maximum absolute atomic E-state index is 17.2. The van der Waals surface area contributed by atoms with Crippen LogP contribution in [0.4, 0.5) is 15.0 Å². The molecule has 1 amide bonds. The van der Waals surface area contributed by atoms with Gasteiger partial charge in [-0.3, -0.25) is 9.80 Å². The van der Waals surface area contributed by atoms with Crippen molar-refractivity contribution in [2.75, 3.05) is 51.6 Å². The molecule has 2 bridgehead atoms. The Hall–Kier alpha value is -3.93. The van der Waals surface area contributed by atoms with Crippen LogP contribution in [-0.4, -0.2) is 95.8 Å². The fraction of sp³-hybridized carbons (Fsp3) is 0.513. The molecule has 51 heavy (non-hydrogen) atoms. The summed E-state index contributed by atoms with van der Waals surface area (Å²) in [7, 11) is 1.55. The predicted molar refractivity (Wildman–Crippen MR) is 195 cm³/mol. The minimum absolute atomic E-state index is 0.0324. The molecule has 0 spiro atoms. The molecule has 12 heteroatoms. The van der Waals surface area contributed by atoms with Gasteiger partial charge in [-0.25, -0.2) is 9.18 Å². The fourth-order valence-corrected chi connectivity index (χ4v) is 9.05. The molecule has 8 rings (SSSR count). The van der Waals surface area contributed by atoms with Crippen LogP contribution < -0.4 is 14.4 Å². The van der Waals surface area contributed by atoms with E-state index in [1.165, 1.54) is 0 Å². The summed E-state index contributed by atoms with van der Waals surface area (Å²) in [4.78, 5) is 29.6. The Kier molecular flexibility index (Phi) is 8.87. The number of anilines is 1. The predicted octanol–water partition coefficient (Wildman–Crippen LogP) is 7.82. The van der Waals surface area contributed by atoms with E-state index >= 15 is 4.39 Å². The maximum atomic E-state index is 17.2. The van der Waals surface area contributed by atoms with Gasteiger partial charge in [0.1, 0.15) is 29.3 Å². The lowest BCUT2D eigenvalue weighted by atomic mass is 9.95. The molecule has 0 aliphatic carbocycles. The van der Waals surface area contributed by atoms with Gasteiger partial charge in [-0.15, -0.1) is 0 Å². The second kappa shape index (κ2) is 13.2. The molecular weight excluding hydrogens is 673 g/mol. The first-order chi connectivity index (χ1) is 24.5. The molecule has 2 unspecified atom stereocenters. The van der Waals surface area contributed by atoms with E-state index in [0.717, 1.165) is 57.0 Å². The van der Waals surface area contributed by atoms with Gasteiger partial charge in [0.05, 0.1) is 17.6 Å². The molecule has 0 N–H and O–H groups in total. The van der Waals surface area contributed by atoms with Crippen LogP contribution in [0.1, 0.15) is 59.3 Å². The highest BCUT2D eigenvalue weighted by molar-refractivity contribution is 6.36. The fourth-order valence-electron chi connectivity index (χ4n) is 8.77. The zero-order chi connectivity index (χ0) is 35.5. The number of nitrogens with zero attached hydrogens (tertiary/aromatic N) is 5. The molecule has 270 valence electrons. The molecule has 10 nitrogen and oxygen atoms in total. The van der Waals surface area contributed by atoms with E-state index in [1.807, 2.05) is 49.9 Å². The van der Waals surface area contributed by atoms with E-state index in [4.69, 9.17) is 40.5 Å². The Bertz CT molecular complexity index is 1960. The number of amides is 1. The largest absolute Gasteiger partial charge is 0.468 e. The lowest BCUT2D eigenvalue weighted by molar-refractivity contribution is 0.0122. The lowest BCUT2D eigenvalue weighted by Crippen LogP contribution is -2.57. The quantitative estimate of drug-likeness (QED) is 0.169. The molecule has 0 radical (unpaired) electrons. The Labute approximate surface area is 302 Å². The van der Waals surface area contributed by atoms with Crippen molar-refractivity contribution < 1.29 is 28.1 Å². The van der Waals surface area contributed by atoms with Gasteiger partial charge in [0.15, 0.2) is 12.6 Å². The number of halogens is 2. The summed E-state index contributed by atoms with van der Waals surface area (Å²) in [5.41, 5.74) is 0.475.